The van der Waals surface area contributed by atoms with Crippen LogP contribution in [0.1, 0.15) is 23.1 Å². The van der Waals surface area contributed by atoms with Crippen LogP contribution in [0.2, 0.25) is 0 Å². The average molecular weight is 279 g/mol. The van der Waals surface area contributed by atoms with Crippen LogP contribution in [-0.4, -0.2) is 6.21 Å². The van der Waals surface area contributed by atoms with Crippen molar-refractivity contribution in [2.45, 2.75) is 13.0 Å². The predicted molar refractivity (Wildman–Crippen MR) is 70.2 cm³/mol. The van der Waals surface area contributed by atoms with E-state index in [4.69, 9.17) is 4.84 Å². The van der Waals surface area contributed by atoms with Crippen LogP contribution in [-0.2, 0) is 11.4 Å². The summed E-state index contributed by atoms with van der Waals surface area (Å²) in [5.74, 6) is -0.378. The minimum absolute atomic E-state index is 0.0632. The van der Waals surface area contributed by atoms with Crippen LogP contribution in [0.4, 0.5) is 13.2 Å². The van der Waals surface area contributed by atoms with Gasteiger partial charge >= 0.3 is 0 Å². The van der Waals surface area contributed by atoms with Crippen LogP contribution in [0.3, 0.4) is 0 Å². The molecule has 0 fully saturated rings. The van der Waals surface area contributed by atoms with Gasteiger partial charge in [0.15, 0.2) is 0 Å². The maximum absolute atomic E-state index is 12.9. The highest BCUT2D eigenvalue weighted by molar-refractivity contribution is 5.78. The fourth-order valence-electron chi connectivity index (χ4n) is 1.67. The second-order valence-electron chi connectivity index (χ2n) is 4.06. The summed E-state index contributed by atoms with van der Waals surface area (Å²) in [5.41, 5.74) is 0.833. The molecule has 5 heteroatoms. The number of halogens is 3. The number of hydrogen-bond donors (Lipinski definition) is 0. The molecule has 0 heterocycles. The molecular weight excluding hydrogens is 267 g/mol. The van der Waals surface area contributed by atoms with Gasteiger partial charge in [0.1, 0.15) is 12.4 Å². The van der Waals surface area contributed by atoms with Gasteiger partial charge in [0, 0.05) is 11.1 Å². The molecule has 2 aromatic carbocycles. The van der Waals surface area contributed by atoms with E-state index in [9.17, 15) is 13.2 Å². The van der Waals surface area contributed by atoms with Crippen LogP contribution in [0, 0.1) is 5.82 Å². The summed E-state index contributed by atoms with van der Waals surface area (Å²) in [6.45, 7) is -0.0632. The Morgan fingerprint density at radius 3 is 2.65 bits per heavy atom. The topological polar surface area (TPSA) is 21.6 Å². The van der Waals surface area contributed by atoms with E-state index in [1.54, 1.807) is 30.3 Å². The Labute approximate surface area is 114 Å². The van der Waals surface area contributed by atoms with Crippen molar-refractivity contribution >= 4 is 6.21 Å². The zero-order valence-electron chi connectivity index (χ0n) is 10.5. The van der Waals surface area contributed by atoms with Crippen molar-refractivity contribution in [2.24, 2.45) is 5.16 Å². The van der Waals surface area contributed by atoms with E-state index >= 15 is 0 Å². The minimum atomic E-state index is -2.55. The van der Waals surface area contributed by atoms with Crippen LogP contribution < -0.4 is 0 Å². The first-order valence-corrected chi connectivity index (χ1v) is 5.93. The summed E-state index contributed by atoms with van der Waals surface area (Å²) >= 11 is 0. The highest BCUT2D eigenvalue weighted by Crippen LogP contribution is 2.23. The Morgan fingerprint density at radius 2 is 1.90 bits per heavy atom. The molecule has 0 saturated carbocycles. The summed E-state index contributed by atoms with van der Waals surface area (Å²) in [4.78, 5) is 4.97. The van der Waals surface area contributed by atoms with Gasteiger partial charge in [-0.05, 0) is 17.7 Å². The molecule has 0 bridgehead atoms. The number of oxime groups is 1. The summed E-state index contributed by atoms with van der Waals surface area (Å²) < 4.78 is 38.3. The molecule has 0 N–H and O–H groups in total. The molecule has 0 saturated heterocycles. The number of alkyl halides is 2. The summed E-state index contributed by atoms with van der Waals surface area (Å²) in [6, 6.07) is 11.9. The maximum atomic E-state index is 12.9. The van der Waals surface area contributed by atoms with Gasteiger partial charge in [-0.3, -0.25) is 0 Å². The molecule has 0 spiro atoms. The second-order valence-corrected chi connectivity index (χ2v) is 4.06. The van der Waals surface area contributed by atoms with E-state index in [0.29, 0.717) is 11.1 Å². The predicted octanol–water partition coefficient (Wildman–Crippen LogP) is 4.31. The molecule has 0 unspecified atom stereocenters. The Kier molecular flexibility index (Phi) is 4.76. The average Bonchev–Trinajstić information content (AvgIpc) is 2.44. The molecule has 2 aromatic rings. The molecule has 0 atom stereocenters. The van der Waals surface area contributed by atoms with Gasteiger partial charge in [0.05, 0.1) is 6.21 Å². The van der Waals surface area contributed by atoms with E-state index in [1.807, 2.05) is 0 Å². The van der Waals surface area contributed by atoms with Gasteiger partial charge in [-0.15, -0.1) is 0 Å². The van der Waals surface area contributed by atoms with E-state index < -0.39 is 6.43 Å². The van der Waals surface area contributed by atoms with Gasteiger partial charge < -0.3 is 4.84 Å². The van der Waals surface area contributed by atoms with Gasteiger partial charge in [0.2, 0.25) is 0 Å². The Morgan fingerprint density at radius 1 is 1.10 bits per heavy atom. The van der Waals surface area contributed by atoms with E-state index in [1.165, 1.54) is 24.4 Å². The van der Waals surface area contributed by atoms with Crippen LogP contribution in [0.25, 0.3) is 0 Å². The van der Waals surface area contributed by atoms with Crippen LogP contribution in [0.15, 0.2) is 53.7 Å². The highest BCUT2D eigenvalue weighted by Gasteiger charge is 2.11. The minimum Gasteiger partial charge on any atom is -0.391 e. The number of rotatable bonds is 5. The van der Waals surface area contributed by atoms with E-state index in [0.717, 1.165) is 0 Å². The maximum Gasteiger partial charge on any atom is 0.264 e. The van der Waals surface area contributed by atoms with Gasteiger partial charge in [-0.1, -0.05) is 41.6 Å². The molecule has 0 aliphatic rings. The molecule has 0 amide bonds. The fraction of sp³-hybridized carbons (Fsp3) is 0.133. The molecule has 20 heavy (non-hydrogen) atoms. The largest absolute Gasteiger partial charge is 0.391 e. The lowest BCUT2D eigenvalue weighted by atomic mass is 10.1. The zero-order valence-corrected chi connectivity index (χ0v) is 10.5. The summed E-state index contributed by atoms with van der Waals surface area (Å²) in [7, 11) is 0. The highest BCUT2D eigenvalue weighted by atomic mass is 19.3. The van der Waals surface area contributed by atoms with Crippen molar-refractivity contribution in [1.29, 1.82) is 0 Å². The molecule has 2 nitrogen and oxygen atoms in total. The molecular formula is C15H12F3NO. The lowest BCUT2D eigenvalue weighted by molar-refractivity contribution is 0.120. The number of hydrogen-bond acceptors (Lipinski definition) is 2. The molecule has 0 aromatic heterocycles. The zero-order chi connectivity index (χ0) is 14.4. The number of nitrogens with zero attached hydrogens (tertiary/aromatic N) is 1. The Balaban J connectivity index is 1.96. The smallest absolute Gasteiger partial charge is 0.264 e. The molecule has 104 valence electrons. The first kappa shape index (κ1) is 14.1. The Hall–Kier alpha value is -2.30. The SMILES string of the molecule is Fc1cccc(C=NOCc2ccccc2C(F)F)c1. The molecule has 0 aliphatic carbocycles. The van der Waals surface area contributed by atoms with Gasteiger partial charge in [0.25, 0.3) is 6.43 Å². The van der Waals surface area contributed by atoms with Crippen LogP contribution in [0.5, 0.6) is 0 Å². The molecule has 2 rings (SSSR count). The first-order chi connectivity index (χ1) is 9.66. The lowest BCUT2D eigenvalue weighted by Gasteiger charge is -2.06. The van der Waals surface area contributed by atoms with Gasteiger partial charge in [-0.25, -0.2) is 13.2 Å². The normalized spacial score (nSPS) is 11.2. The molecule has 0 aliphatic heterocycles. The summed E-state index contributed by atoms with van der Waals surface area (Å²) in [5, 5.41) is 3.64. The van der Waals surface area contributed by atoms with Crippen molar-refractivity contribution < 1.29 is 18.0 Å². The fourth-order valence-corrected chi connectivity index (χ4v) is 1.67. The third-order valence-electron chi connectivity index (χ3n) is 2.64. The summed E-state index contributed by atoms with van der Waals surface area (Å²) in [6.07, 6.45) is -1.23. The van der Waals surface area contributed by atoms with Crippen molar-refractivity contribution in [3.63, 3.8) is 0 Å². The van der Waals surface area contributed by atoms with Crippen molar-refractivity contribution in [3.8, 4) is 0 Å². The quantitative estimate of drug-likeness (QED) is 0.590. The van der Waals surface area contributed by atoms with Crippen molar-refractivity contribution in [3.05, 3.63) is 71.0 Å². The van der Waals surface area contributed by atoms with Crippen molar-refractivity contribution in [1.82, 2.24) is 0 Å². The third kappa shape index (κ3) is 3.85. The third-order valence-corrected chi connectivity index (χ3v) is 2.64. The monoisotopic (exact) mass is 279 g/mol. The Bertz CT molecular complexity index is 599. The lowest BCUT2D eigenvalue weighted by Crippen LogP contribution is -1.96. The standard InChI is InChI=1S/C15H12F3NO/c16-13-6-3-4-11(8-13)9-19-20-10-12-5-1-2-7-14(12)15(17)18/h1-9,15H,10H2. The second kappa shape index (κ2) is 6.75. The first-order valence-electron chi connectivity index (χ1n) is 5.93. The van der Waals surface area contributed by atoms with Crippen LogP contribution >= 0.6 is 0 Å². The van der Waals surface area contributed by atoms with E-state index in [-0.39, 0.29) is 18.0 Å². The number of benzene rings is 2. The van der Waals surface area contributed by atoms with Gasteiger partial charge in [-0.2, -0.15) is 0 Å². The van der Waals surface area contributed by atoms with Crippen molar-refractivity contribution in [2.75, 3.05) is 0 Å². The molecule has 0 radical (unpaired) electrons. The van der Waals surface area contributed by atoms with E-state index in [2.05, 4.69) is 5.16 Å².